The maximum Gasteiger partial charge on any atom is 0.161 e. The summed E-state index contributed by atoms with van der Waals surface area (Å²) < 4.78 is 11.4. The highest BCUT2D eigenvalue weighted by Gasteiger charge is 2.17. The molecule has 0 aliphatic carbocycles. The number of rotatable bonds is 11. The number of nitrogens with zero attached hydrogens (tertiary/aromatic N) is 2. The minimum atomic E-state index is -0.529. The quantitative estimate of drug-likeness (QED) is 0.523. The van der Waals surface area contributed by atoms with Gasteiger partial charge in [0.15, 0.2) is 11.5 Å². The van der Waals surface area contributed by atoms with E-state index in [0.29, 0.717) is 18.0 Å². The fourth-order valence-corrected chi connectivity index (χ4v) is 4.11. The predicted molar refractivity (Wildman–Crippen MR) is 130 cm³/mol. The second kappa shape index (κ2) is 12.8. The van der Waals surface area contributed by atoms with Crippen molar-refractivity contribution < 1.29 is 14.6 Å². The number of aryl methyl sites for hydroxylation is 1. The minimum Gasteiger partial charge on any atom is -0.493 e. The van der Waals surface area contributed by atoms with Crippen molar-refractivity contribution in [3.05, 3.63) is 59.2 Å². The number of benzene rings is 2. The minimum absolute atomic E-state index is 0.257. The molecule has 0 amide bonds. The van der Waals surface area contributed by atoms with Crippen molar-refractivity contribution >= 4 is 0 Å². The van der Waals surface area contributed by atoms with Crippen LogP contribution in [0, 0.1) is 6.92 Å². The summed E-state index contributed by atoms with van der Waals surface area (Å²) in [5.41, 5.74) is 3.85. The molecule has 2 aromatic carbocycles. The van der Waals surface area contributed by atoms with Gasteiger partial charge in [-0.25, -0.2) is 0 Å². The van der Waals surface area contributed by atoms with Crippen LogP contribution < -0.4 is 14.8 Å². The molecule has 32 heavy (non-hydrogen) atoms. The SMILES string of the molecule is COc1ccc(CNCCc2ccccc2C)cc1OC[C@H](O)CN1CCCN(C)CC1. The zero-order valence-corrected chi connectivity index (χ0v) is 19.8. The Hall–Kier alpha value is -2.12. The Kier molecular flexibility index (Phi) is 9.81. The van der Waals surface area contributed by atoms with E-state index >= 15 is 0 Å². The molecule has 0 bridgehead atoms. The van der Waals surface area contributed by atoms with Crippen molar-refractivity contribution in [1.29, 1.82) is 0 Å². The van der Waals surface area contributed by atoms with Gasteiger partial charge in [0.2, 0.25) is 0 Å². The molecule has 6 heteroatoms. The van der Waals surface area contributed by atoms with Gasteiger partial charge in [-0.2, -0.15) is 0 Å². The molecule has 1 saturated heterocycles. The van der Waals surface area contributed by atoms with Crippen LogP contribution in [0.2, 0.25) is 0 Å². The average Bonchev–Trinajstić information content (AvgIpc) is 3.00. The molecular weight excluding hydrogens is 402 g/mol. The molecular formula is C26H39N3O3. The maximum atomic E-state index is 10.5. The number of β-amino-alcohol motifs (C(OH)–C–C–N with tert-alkyl or cyclic N) is 1. The lowest BCUT2D eigenvalue weighted by Crippen LogP contribution is -2.37. The summed E-state index contributed by atoms with van der Waals surface area (Å²) in [4.78, 5) is 4.66. The first-order valence-electron chi connectivity index (χ1n) is 11.7. The molecule has 0 aromatic heterocycles. The molecule has 0 unspecified atom stereocenters. The zero-order chi connectivity index (χ0) is 22.8. The topological polar surface area (TPSA) is 57.2 Å². The number of nitrogens with one attached hydrogen (secondary N) is 1. The number of likely N-dealkylation sites (N-methyl/N-ethyl adjacent to an activating group) is 1. The van der Waals surface area contributed by atoms with Gasteiger partial charge < -0.3 is 24.8 Å². The number of methoxy groups -OCH3 is 1. The summed E-state index contributed by atoms with van der Waals surface area (Å²) in [7, 11) is 3.80. The molecule has 6 nitrogen and oxygen atoms in total. The third kappa shape index (κ3) is 7.78. The van der Waals surface area contributed by atoms with Crippen LogP contribution in [0.4, 0.5) is 0 Å². The highest BCUT2D eigenvalue weighted by Crippen LogP contribution is 2.28. The Balaban J connectivity index is 1.46. The summed E-state index contributed by atoms with van der Waals surface area (Å²) in [6.07, 6.45) is 1.61. The standard InChI is InChI=1S/C26H39N3O3/c1-21-7-4-5-8-23(21)11-12-27-18-22-9-10-25(31-3)26(17-22)32-20-24(30)19-29-14-6-13-28(2)15-16-29/h4-5,7-10,17,24,27,30H,6,11-16,18-20H2,1-3H3/t24-/m1/s1. The van der Waals surface area contributed by atoms with Crippen molar-refractivity contribution in [2.75, 3.05) is 60.0 Å². The van der Waals surface area contributed by atoms with Gasteiger partial charge >= 0.3 is 0 Å². The predicted octanol–water partition coefficient (Wildman–Crippen LogP) is 2.71. The Labute approximate surface area is 193 Å². The number of hydrogen-bond acceptors (Lipinski definition) is 6. The van der Waals surface area contributed by atoms with Crippen LogP contribution in [0.15, 0.2) is 42.5 Å². The number of hydrogen-bond donors (Lipinski definition) is 2. The Morgan fingerprint density at radius 1 is 1.06 bits per heavy atom. The summed E-state index contributed by atoms with van der Waals surface area (Å²) in [5.74, 6) is 1.37. The average molecular weight is 442 g/mol. The Bertz CT molecular complexity index is 830. The lowest BCUT2D eigenvalue weighted by molar-refractivity contribution is 0.0685. The molecule has 1 aliphatic heterocycles. The highest BCUT2D eigenvalue weighted by atomic mass is 16.5. The number of aliphatic hydroxyl groups excluding tert-OH is 1. The van der Waals surface area contributed by atoms with Crippen molar-refractivity contribution in [3.8, 4) is 11.5 Å². The van der Waals surface area contributed by atoms with E-state index in [4.69, 9.17) is 9.47 Å². The van der Waals surface area contributed by atoms with Crippen LogP contribution in [-0.2, 0) is 13.0 Å². The van der Waals surface area contributed by atoms with Gasteiger partial charge in [-0.3, -0.25) is 4.90 Å². The molecule has 2 N–H and O–H groups in total. The largest absolute Gasteiger partial charge is 0.493 e. The van der Waals surface area contributed by atoms with E-state index in [2.05, 4.69) is 59.4 Å². The first kappa shape index (κ1) is 24.5. The molecule has 176 valence electrons. The molecule has 2 aromatic rings. The van der Waals surface area contributed by atoms with Gasteiger partial charge in [-0.05, 0) is 75.3 Å². The lowest BCUT2D eigenvalue weighted by atomic mass is 10.1. The summed E-state index contributed by atoms with van der Waals surface area (Å²) in [6.45, 7) is 8.89. The third-order valence-corrected chi connectivity index (χ3v) is 6.10. The van der Waals surface area contributed by atoms with E-state index in [9.17, 15) is 5.11 Å². The summed E-state index contributed by atoms with van der Waals surface area (Å²) in [5, 5.41) is 14.0. The lowest BCUT2D eigenvalue weighted by Gasteiger charge is -2.23. The molecule has 1 aliphatic rings. The van der Waals surface area contributed by atoms with E-state index in [1.54, 1.807) is 7.11 Å². The van der Waals surface area contributed by atoms with E-state index in [1.165, 1.54) is 11.1 Å². The van der Waals surface area contributed by atoms with E-state index in [-0.39, 0.29) is 6.61 Å². The number of aliphatic hydroxyl groups is 1. The number of ether oxygens (including phenoxy) is 2. The smallest absolute Gasteiger partial charge is 0.161 e. The second-order valence-corrected chi connectivity index (χ2v) is 8.76. The zero-order valence-electron chi connectivity index (χ0n) is 19.8. The molecule has 0 saturated carbocycles. The van der Waals surface area contributed by atoms with Crippen molar-refractivity contribution in [2.45, 2.75) is 32.4 Å². The van der Waals surface area contributed by atoms with Crippen LogP contribution in [-0.4, -0.2) is 81.0 Å². The fraction of sp³-hybridized carbons (Fsp3) is 0.538. The van der Waals surface area contributed by atoms with Crippen LogP contribution in [0.25, 0.3) is 0 Å². The highest BCUT2D eigenvalue weighted by molar-refractivity contribution is 5.43. The van der Waals surface area contributed by atoms with Crippen LogP contribution in [0.5, 0.6) is 11.5 Å². The maximum absolute atomic E-state index is 10.5. The van der Waals surface area contributed by atoms with Gasteiger partial charge in [-0.15, -0.1) is 0 Å². The van der Waals surface area contributed by atoms with E-state index in [0.717, 1.165) is 57.7 Å². The van der Waals surface area contributed by atoms with Crippen LogP contribution >= 0.6 is 0 Å². The van der Waals surface area contributed by atoms with Gasteiger partial charge in [-0.1, -0.05) is 30.3 Å². The van der Waals surface area contributed by atoms with Crippen molar-refractivity contribution in [3.63, 3.8) is 0 Å². The Morgan fingerprint density at radius 3 is 2.72 bits per heavy atom. The van der Waals surface area contributed by atoms with Gasteiger partial charge in [0, 0.05) is 26.2 Å². The fourth-order valence-electron chi connectivity index (χ4n) is 4.11. The summed E-state index contributed by atoms with van der Waals surface area (Å²) >= 11 is 0. The third-order valence-electron chi connectivity index (χ3n) is 6.10. The molecule has 1 fully saturated rings. The van der Waals surface area contributed by atoms with Crippen molar-refractivity contribution in [1.82, 2.24) is 15.1 Å². The van der Waals surface area contributed by atoms with Gasteiger partial charge in [0.25, 0.3) is 0 Å². The van der Waals surface area contributed by atoms with Crippen LogP contribution in [0.3, 0.4) is 0 Å². The Morgan fingerprint density at radius 2 is 1.91 bits per heavy atom. The normalized spacial score (nSPS) is 16.5. The first-order valence-corrected chi connectivity index (χ1v) is 11.7. The van der Waals surface area contributed by atoms with E-state index < -0.39 is 6.10 Å². The second-order valence-electron chi connectivity index (χ2n) is 8.76. The summed E-state index contributed by atoms with van der Waals surface area (Å²) in [6, 6.07) is 14.5. The molecule has 0 radical (unpaired) electrons. The molecule has 1 atom stereocenters. The first-order chi connectivity index (χ1) is 15.5. The monoisotopic (exact) mass is 441 g/mol. The van der Waals surface area contributed by atoms with Crippen molar-refractivity contribution in [2.24, 2.45) is 0 Å². The van der Waals surface area contributed by atoms with Gasteiger partial charge in [0.1, 0.15) is 12.7 Å². The molecule has 3 rings (SSSR count). The molecule has 1 heterocycles. The molecule has 0 spiro atoms. The van der Waals surface area contributed by atoms with Gasteiger partial charge in [0.05, 0.1) is 7.11 Å². The van der Waals surface area contributed by atoms with E-state index in [1.807, 2.05) is 12.1 Å². The van der Waals surface area contributed by atoms with Crippen LogP contribution in [0.1, 0.15) is 23.1 Å².